The Balaban J connectivity index is 1.76. The molecule has 1 amide bonds. The molecule has 2 heterocycles. The summed E-state index contributed by atoms with van der Waals surface area (Å²) in [5.74, 6) is -0.176. The molecule has 4 nitrogen and oxygen atoms in total. The summed E-state index contributed by atoms with van der Waals surface area (Å²) in [4.78, 5) is 16.3. The maximum Gasteiger partial charge on any atom is 0.272 e. The number of pyridine rings is 1. The van der Waals surface area contributed by atoms with Crippen molar-refractivity contribution in [3.8, 4) is 0 Å². The smallest absolute Gasteiger partial charge is 0.272 e. The zero-order chi connectivity index (χ0) is 15.4. The Morgan fingerprint density at radius 2 is 1.91 bits per heavy atom. The topological polar surface area (TPSA) is 46.9 Å². The maximum absolute atomic E-state index is 12.4. The van der Waals surface area contributed by atoms with Crippen molar-refractivity contribution in [2.24, 2.45) is 0 Å². The van der Waals surface area contributed by atoms with Crippen LogP contribution >= 0.6 is 11.6 Å². The fourth-order valence-electron chi connectivity index (χ4n) is 2.18. The average molecular weight is 312 g/mol. The van der Waals surface area contributed by atoms with Crippen molar-refractivity contribution >= 4 is 23.2 Å². The Hall–Kier alpha value is -2.59. The van der Waals surface area contributed by atoms with Gasteiger partial charge in [-0.2, -0.15) is 0 Å². The molecule has 0 atom stereocenters. The Labute approximate surface area is 133 Å². The van der Waals surface area contributed by atoms with E-state index in [-0.39, 0.29) is 5.91 Å². The van der Waals surface area contributed by atoms with Crippen LogP contribution in [0.5, 0.6) is 0 Å². The quantitative estimate of drug-likeness (QED) is 0.744. The predicted molar refractivity (Wildman–Crippen MR) is 87.2 cm³/mol. The van der Waals surface area contributed by atoms with Crippen LogP contribution in [0, 0.1) is 0 Å². The van der Waals surface area contributed by atoms with Gasteiger partial charge in [-0.1, -0.05) is 41.9 Å². The lowest BCUT2D eigenvalue weighted by atomic mass is 10.2. The number of halogens is 1. The summed E-state index contributed by atoms with van der Waals surface area (Å²) in [6, 6.07) is 17.0. The lowest BCUT2D eigenvalue weighted by Crippen LogP contribution is -2.17. The highest BCUT2D eigenvalue weighted by atomic mass is 35.5. The Morgan fingerprint density at radius 3 is 2.64 bits per heavy atom. The SMILES string of the molecule is O=C(Nc1ccc(Cl)nc1)c1cccn1Cc1ccccc1. The largest absolute Gasteiger partial charge is 0.339 e. The molecular formula is C17H14ClN3O. The number of hydrogen-bond acceptors (Lipinski definition) is 2. The van der Waals surface area contributed by atoms with Gasteiger partial charge in [0, 0.05) is 12.7 Å². The van der Waals surface area contributed by atoms with Gasteiger partial charge in [-0.3, -0.25) is 4.79 Å². The lowest BCUT2D eigenvalue weighted by Gasteiger charge is -2.10. The summed E-state index contributed by atoms with van der Waals surface area (Å²) < 4.78 is 1.91. The van der Waals surface area contributed by atoms with Crippen LogP contribution in [-0.2, 0) is 6.54 Å². The number of amides is 1. The fraction of sp³-hybridized carbons (Fsp3) is 0.0588. The van der Waals surface area contributed by atoms with Crippen molar-refractivity contribution in [1.29, 1.82) is 0 Å². The molecule has 110 valence electrons. The lowest BCUT2D eigenvalue weighted by molar-refractivity contribution is 0.101. The van der Waals surface area contributed by atoms with Crippen molar-refractivity contribution in [3.05, 3.63) is 83.4 Å². The molecule has 3 rings (SSSR count). The third kappa shape index (κ3) is 3.35. The molecule has 1 aromatic carbocycles. The standard InChI is InChI=1S/C17H14ClN3O/c18-16-9-8-14(11-19-16)20-17(22)15-7-4-10-21(15)12-13-5-2-1-3-6-13/h1-11H,12H2,(H,20,22). The zero-order valence-electron chi connectivity index (χ0n) is 11.7. The molecule has 0 saturated heterocycles. The van der Waals surface area contributed by atoms with Crippen LogP contribution in [0.4, 0.5) is 5.69 Å². The molecule has 22 heavy (non-hydrogen) atoms. The van der Waals surface area contributed by atoms with Crippen LogP contribution in [0.3, 0.4) is 0 Å². The molecule has 3 aromatic rings. The number of anilines is 1. The first kappa shape index (κ1) is 14.4. The minimum Gasteiger partial charge on any atom is -0.339 e. The summed E-state index contributed by atoms with van der Waals surface area (Å²) >= 11 is 5.74. The van der Waals surface area contributed by atoms with Crippen LogP contribution in [-0.4, -0.2) is 15.5 Å². The number of nitrogens with one attached hydrogen (secondary N) is 1. The second kappa shape index (κ2) is 6.45. The highest BCUT2D eigenvalue weighted by Gasteiger charge is 2.11. The molecular weight excluding hydrogens is 298 g/mol. The van der Waals surface area contributed by atoms with Gasteiger partial charge in [0.1, 0.15) is 10.8 Å². The fourth-order valence-corrected chi connectivity index (χ4v) is 2.29. The van der Waals surface area contributed by atoms with Gasteiger partial charge in [-0.05, 0) is 29.8 Å². The van der Waals surface area contributed by atoms with E-state index in [0.717, 1.165) is 5.56 Å². The van der Waals surface area contributed by atoms with E-state index in [1.807, 2.05) is 47.2 Å². The van der Waals surface area contributed by atoms with Gasteiger partial charge < -0.3 is 9.88 Å². The van der Waals surface area contributed by atoms with Crippen LogP contribution < -0.4 is 5.32 Å². The van der Waals surface area contributed by atoms with Gasteiger partial charge >= 0.3 is 0 Å². The summed E-state index contributed by atoms with van der Waals surface area (Å²) in [5.41, 5.74) is 2.35. The van der Waals surface area contributed by atoms with Crippen molar-refractivity contribution in [2.45, 2.75) is 6.54 Å². The minimum absolute atomic E-state index is 0.176. The van der Waals surface area contributed by atoms with Crippen molar-refractivity contribution in [1.82, 2.24) is 9.55 Å². The van der Waals surface area contributed by atoms with E-state index in [1.54, 1.807) is 18.2 Å². The molecule has 0 fully saturated rings. The molecule has 0 aliphatic heterocycles. The molecule has 0 saturated carbocycles. The molecule has 0 spiro atoms. The summed E-state index contributed by atoms with van der Waals surface area (Å²) in [6.45, 7) is 0.648. The third-order valence-electron chi connectivity index (χ3n) is 3.24. The number of aromatic nitrogens is 2. The van der Waals surface area contributed by atoms with Crippen LogP contribution in [0.25, 0.3) is 0 Å². The molecule has 0 radical (unpaired) electrons. The molecule has 0 aliphatic carbocycles. The van der Waals surface area contributed by atoms with Crippen LogP contribution in [0.1, 0.15) is 16.1 Å². The zero-order valence-corrected chi connectivity index (χ0v) is 12.5. The Kier molecular flexibility index (Phi) is 4.21. The van der Waals surface area contributed by atoms with E-state index in [4.69, 9.17) is 11.6 Å². The summed E-state index contributed by atoms with van der Waals surface area (Å²) in [6.07, 6.45) is 3.42. The predicted octanol–water partition coefficient (Wildman–Crippen LogP) is 3.84. The van der Waals surface area contributed by atoms with Gasteiger partial charge in [-0.25, -0.2) is 4.98 Å². The van der Waals surface area contributed by atoms with E-state index < -0.39 is 0 Å². The molecule has 1 N–H and O–H groups in total. The number of hydrogen-bond donors (Lipinski definition) is 1. The Bertz CT molecular complexity index is 766. The first-order valence-electron chi connectivity index (χ1n) is 6.84. The summed E-state index contributed by atoms with van der Waals surface area (Å²) in [5, 5.41) is 3.21. The number of nitrogens with zero attached hydrogens (tertiary/aromatic N) is 2. The first-order valence-corrected chi connectivity index (χ1v) is 7.22. The van der Waals surface area contributed by atoms with Crippen molar-refractivity contribution < 1.29 is 4.79 Å². The van der Waals surface area contributed by atoms with Gasteiger partial charge in [-0.15, -0.1) is 0 Å². The number of carbonyl (C=O) groups excluding carboxylic acids is 1. The molecule has 2 aromatic heterocycles. The Morgan fingerprint density at radius 1 is 1.09 bits per heavy atom. The maximum atomic E-state index is 12.4. The number of benzene rings is 1. The van der Waals surface area contributed by atoms with Gasteiger partial charge in [0.05, 0.1) is 11.9 Å². The third-order valence-corrected chi connectivity index (χ3v) is 3.47. The second-order valence-electron chi connectivity index (χ2n) is 4.83. The highest BCUT2D eigenvalue weighted by Crippen LogP contribution is 2.13. The molecule has 0 unspecified atom stereocenters. The number of carbonyl (C=O) groups is 1. The average Bonchev–Trinajstić information content (AvgIpc) is 2.99. The van der Waals surface area contributed by atoms with Gasteiger partial charge in [0.25, 0.3) is 5.91 Å². The van der Waals surface area contributed by atoms with E-state index >= 15 is 0 Å². The molecule has 5 heteroatoms. The molecule has 0 bridgehead atoms. The highest BCUT2D eigenvalue weighted by molar-refractivity contribution is 6.29. The summed E-state index contributed by atoms with van der Waals surface area (Å²) in [7, 11) is 0. The van der Waals surface area contributed by atoms with Gasteiger partial charge in [0.2, 0.25) is 0 Å². The normalized spacial score (nSPS) is 10.4. The van der Waals surface area contributed by atoms with Crippen molar-refractivity contribution in [3.63, 3.8) is 0 Å². The van der Waals surface area contributed by atoms with Crippen LogP contribution in [0.2, 0.25) is 5.15 Å². The molecule has 0 aliphatic rings. The van der Waals surface area contributed by atoms with E-state index in [0.29, 0.717) is 23.1 Å². The van der Waals surface area contributed by atoms with Gasteiger partial charge in [0.15, 0.2) is 0 Å². The van der Waals surface area contributed by atoms with E-state index in [1.165, 1.54) is 6.20 Å². The first-order chi connectivity index (χ1) is 10.7. The van der Waals surface area contributed by atoms with E-state index in [2.05, 4.69) is 10.3 Å². The number of rotatable bonds is 4. The minimum atomic E-state index is -0.176. The van der Waals surface area contributed by atoms with Crippen LogP contribution in [0.15, 0.2) is 67.0 Å². The van der Waals surface area contributed by atoms with E-state index in [9.17, 15) is 4.79 Å². The second-order valence-corrected chi connectivity index (χ2v) is 5.22. The van der Waals surface area contributed by atoms with Crippen molar-refractivity contribution in [2.75, 3.05) is 5.32 Å². The monoisotopic (exact) mass is 311 g/mol.